The predicted octanol–water partition coefficient (Wildman–Crippen LogP) is 14.4. The van der Waals surface area contributed by atoms with Crippen molar-refractivity contribution in [2.24, 2.45) is 0 Å². The summed E-state index contributed by atoms with van der Waals surface area (Å²) < 4.78 is 38.7. The fourth-order valence-corrected chi connectivity index (χ4v) is 6.82. The maximum Gasteiger partial charge on any atom is 0.394 e. The van der Waals surface area contributed by atoms with Gasteiger partial charge in [0.2, 0.25) is 0 Å². The van der Waals surface area contributed by atoms with E-state index in [-0.39, 0.29) is 0 Å². The second-order valence-electron chi connectivity index (χ2n) is 14.3. The zero-order chi connectivity index (χ0) is 39.0. The molecule has 0 saturated heterocycles. The van der Waals surface area contributed by atoms with Gasteiger partial charge in [-0.3, -0.25) is 9.11 Å². The fraction of sp³-hybridized carbons (Fsp3) is 0.417. The first-order valence-corrected chi connectivity index (χ1v) is 21.6. The van der Waals surface area contributed by atoms with Crippen molar-refractivity contribution in [2.75, 3.05) is 0 Å². The largest absolute Gasteiger partial charge is 0.457 e. The maximum atomic E-state index is 8.74. The molecule has 0 fully saturated rings. The molecule has 0 saturated carbocycles. The van der Waals surface area contributed by atoms with Gasteiger partial charge >= 0.3 is 10.4 Å². The lowest BCUT2D eigenvalue weighted by molar-refractivity contribution is 0.381. The van der Waals surface area contributed by atoms with Crippen molar-refractivity contribution in [2.45, 2.75) is 130 Å². The number of unbranched alkanes of at least 4 members (excludes halogenated alkanes) is 12. The minimum absolute atomic E-state index is 1.01. The summed E-state index contributed by atoms with van der Waals surface area (Å²) in [7, 11) is -4.67. The molecule has 4 aromatic rings. The summed E-state index contributed by atoms with van der Waals surface area (Å²) in [6.07, 6.45) is 29.4. The van der Waals surface area contributed by atoms with Crippen molar-refractivity contribution in [3.63, 3.8) is 0 Å². The first kappa shape index (κ1) is 44.4. The molecule has 6 heteroatoms. The molecule has 4 rings (SSSR count). The van der Waals surface area contributed by atoms with Crippen LogP contribution in [0.3, 0.4) is 0 Å². The standard InChI is InChI=1S/C48H62O.H2O4S/c1-5-7-9-11-13-15-23-29-45-43(35-33-41-25-19-17-20-26-41)39(3)31-37-47(45)49-48-38-32-40(4)44(36-34-42-27-21-18-22-28-42)46(48)30-24-16-14-12-10-8-6-2;1-5(2,3)4/h17-22,25-28,31-38H,5-16,23-24,29-30H2,1-4H3;(H2,1,2,3,4). The predicted molar refractivity (Wildman–Crippen MR) is 231 cm³/mol. The van der Waals surface area contributed by atoms with Crippen LogP contribution in [0.25, 0.3) is 24.3 Å². The lowest BCUT2D eigenvalue weighted by atomic mass is 9.93. The molecule has 54 heavy (non-hydrogen) atoms. The Morgan fingerprint density at radius 2 is 0.815 bits per heavy atom. The minimum atomic E-state index is -4.67. The molecule has 0 spiro atoms. The number of benzene rings is 4. The zero-order valence-electron chi connectivity index (χ0n) is 33.2. The third kappa shape index (κ3) is 17.4. The number of hydrogen-bond acceptors (Lipinski definition) is 3. The quantitative estimate of drug-likeness (QED) is 0.0474. The van der Waals surface area contributed by atoms with Gasteiger partial charge in [0.15, 0.2) is 0 Å². The molecule has 292 valence electrons. The van der Waals surface area contributed by atoms with Gasteiger partial charge in [0, 0.05) is 11.1 Å². The highest BCUT2D eigenvalue weighted by Crippen LogP contribution is 2.37. The molecule has 2 N–H and O–H groups in total. The second-order valence-corrected chi connectivity index (χ2v) is 15.2. The molecule has 0 amide bonds. The Balaban J connectivity index is 0.00000147. The highest BCUT2D eigenvalue weighted by Gasteiger charge is 2.16. The van der Waals surface area contributed by atoms with Gasteiger partial charge in [-0.05, 0) is 85.0 Å². The van der Waals surface area contributed by atoms with Crippen molar-refractivity contribution >= 4 is 34.7 Å². The molecule has 0 aliphatic heterocycles. The molecule has 0 unspecified atom stereocenters. The summed E-state index contributed by atoms with van der Waals surface area (Å²) in [4.78, 5) is 0. The van der Waals surface area contributed by atoms with E-state index < -0.39 is 10.4 Å². The van der Waals surface area contributed by atoms with Crippen molar-refractivity contribution in [1.29, 1.82) is 0 Å². The number of aryl methyl sites for hydroxylation is 2. The van der Waals surface area contributed by atoms with Gasteiger partial charge in [-0.2, -0.15) is 8.42 Å². The molecule has 0 aliphatic rings. The van der Waals surface area contributed by atoms with Crippen LogP contribution in [0.4, 0.5) is 0 Å². The second kappa shape index (κ2) is 25.2. The van der Waals surface area contributed by atoms with Gasteiger partial charge in [-0.1, -0.05) is 188 Å². The normalized spacial score (nSPS) is 11.6. The van der Waals surface area contributed by atoms with E-state index in [0.717, 1.165) is 24.3 Å². The van der Waals surface area contributed by atoms with E-state index >= 15 is 0 Å². The molecule has 0 bridgehead atoms. The monoisotopic (exact) mass is 752 g/mol. The topological polar surface area (TPSA) is 83.8 Å². The van der Waals surface area contributed by atoms with Crippen LogP contribution in [0.1, 0.15) is 148 Å². The van der Waals surface area contributed by atoms with E-state index in [1.165, 1.54) is 134 Å². The van der Waals surface area contributed by atoms with Gasteiger partial charge in [0.25, 0.3) is 0 Å². The minimum Gasteiger partial charge on any atom is -0.457 e. The average molecular weight is 753 g/mol. The number of rotatable bonds is 22. The van der Waals surface area contributed by atoms with Crippen molar-refractivity contribution in [3.8, 4) is 11.5 Å². The SMILES string of the molecule is CCCCCCCCCc1c(Oc2ccc(C)c(C=Cc3ccccc3)c2CCCCCCCCC)ccc(C)c1C=Cc1ccccc1.O=S(=O)(O)O. The number of hydrogen-bond donors (Lipinski definition) is 2. The van der Waals surface area contributed by atoms with E-state index in [0.29, 0.717) is 0 Å². The number of ether oxygens (including phenoxy) is 1. The Hall–Kier alpha value is -3.97. The molecule has 0 atom stereocenters. The van der Waals surface area contributed by atoms with Gasteiger partial charge < -0.3 is 4.74 Å². The van der Waals surface area contributed by atoms with Crippen LogP contribution in [-0.2, 0) is 23.2 Å². The summed E-state index contributed by atoms with van der Waals surface area (Å²) in [5.41, 5.74) is 10.3. The molecular weight excluding hydrogens is 689 g/mol. The maximum absolute atomic E-state index is 8.74. The summed E-state index contributed by atoms with van der Waals surface area (Å²) in [6, 6.07) is 30.2. The van der Waals surface area contributed by atoms with E-state index in [1.807, 2.05) is 0 Å². The van der Waals surface area contributed by atoms with Crippen LogP contribution in [-0.4, -0.2) is 17.5 Å². The smallest absolute Gasteiger partial charge is 0.394 e. The lowest BCUT2D eigenvalue weighted by Crippen LogP contribution is -2.02. The van der Waals surface area contributed by atoms with E-state index in [2.05, 4.69) is 137 Å². The first-order chi connectivity index (χ1) is 26.1. The zero-order valence-corrected chi connectivity index (χ0v) is 34.0. The molecule has 0 radical (unpaired) electrons. The molecule has 0 aromatic heterocycles. The van der Waals surface area contributed by atoms with E-state index in [9.17, 15) is 0 Å². The van der Waals surface area contributed by atoms with Crippen LogP contribution in [0.15, 0.2) is 84.9 Å². The van der Waals surface area contributed by atoms with Crippen molar-refractivity contribution in [3.05, 3.63) is 129 Å². The Bertz CT molecular complexity index is 1680. The Morgan fingerprint density at radius 3 is 1.17 bits per heavy atom. The van der Waals surface area contributed by atoms with Gasteiger partial charge in [0.05, 0.1) is 0 Å². The van der Waals surface area contributed by atoms with Crippen LogP contribution >= 0.6 is 0 Å². The third-order valence-corrected chi connectivity index (χ3v) is 9.83. The van der Waals surface area contributed by atoms with Crippen LogP contribution in [0.2, 0.25) is 0 Å². The van der Waals surface area contributed by atoms with Gasteiger partial charge in [0.1, 0.15) is 11.5 Å². The van der Waals surface area contributed by atoms with Crippen molar-refractivity contribution in [1.82, 2.24) is 0 Å². The van der Waals surface area contributed by atoms with Crippen LogP contribution < -0.4 is 4.74 Å². The summed E-state index contributed by atoms with van der Waals surface area (Å²) in [5.74, 6) is 2.01. The van der Waals surface area contributed by atoms with E-state index in [1.54, 1.807) is 0 Å². The van der Waals surface area contributed by atoms with Crippen LogP contribution in [0.5, 0.6) is 11.5 Å². The van der Waals surface area contributed by atoms with E-state index in [4.69, 9.17) is 22.3 Å². The lowest BCUT2D eigenvalue weighted by Gasteiger charge is -2.20. The molecule has 5 nitrogen and oxygen atoms in total. The summed E-state index contributed by atoms with van der Waals surface area (Å²) in [5, 5.41) is 0. The Kier molecular flexibility index (Phi) is 20.7. The van der Waals surface area contributed by atoms with Crippen LogP contribution in [0, 0.1) is 13.8 Å². The Labute approximate surface area is 327 Å². The highest BCUT2D eigenvalue weighted by molar-refractivity contribution is 7.79. The molecule has 4 aromatic carbocycles. The average Bonchev–Trinajstić information content (AvgIpc) is 3.15. The highest BCUT2D eigenvalue weighted by atomic mass is 32.3. The van der Waals surface area contributed by atoms with Gasteiger partial charge in [-0.25, -0.2) is 0 Å². The summed E-state index contributed by atoms with van der Waals surface area (Å²) in [6.45, 7) is 9.07. The first-order valence-electron chi connectivity index (χ1n) is 20.2. The fourth-order valence-electron chi connectivity index (χ4n) is 6.82. The Morgan fingerprint density at radius 1 is 0.481 bits per heavy atom. The molecule has 0 heterocycles. The van der Waals surface area contributed by atoms with Crippen molar-refractivity contribution < 1.29 is 22.3 Å². The molecule has 0 aliphatic carbocycles. The summed E-state index contributed by atoms with van der Waals surface area (Å²) >= 11 is 0. The molecular formula is C48H64O5S. The van der Waals surface area contributed by atoms with Gasteiger partial charge in [-0.15, -0.1) is 0 Å². The third-order valence-electron chi connectivity index (χ3n) is 9.83.